The number of hydrazine groups is 1. The second kappa shape index (κ2) is 6.51. The van der Waals surface area contributed by atoms with E-state index in [1.807, 2.05) is 7.05 Å². The summed E-state index contributed by atoms with van der Waals surface area (Å²) in [6.45, 7) is 1.81. The molecule has 1 amide bonds. The summed E-state index contributed by atoms with van der Waals surface area (Å²) in [6, 6.07) is 4.25. The molecule has 1 heterocycles. The number of carbonyl (C=O) groups is 1. The van der Waals surface area contributed by atoms with Crippen LogP contribution in [0, 0.1) is 10.1 Å². The lowest BCUT2D eigenvalue weighted by Gasteiger charge is -2.30. The Hall–Kier alpha value is -2.19. The van der Waals surface area contributed by atoms with E-state index in [0.29, 0.717) is 0 Å². The fourth-order valence-corrected chi connectivity index (χ4v) is 2.50. The van der Waals surface area contributed by atoms with Crippen LogP contribution in [0.25, 0.3) is 0 Å². The lowest BCUT2D eigenvalue weighted by molar-refractivity contribution is -0.384. The Kier molecular flexibility index (Phi) is 4.71. The number of hydrogen-bond donors (Lipinski definition) is 3. The van der Waals surface area contributed by atoms with Gasteiger partial charge in [-0.1, -0.05) is 0 Å². The lowest BCUT2D eigenvalue weighted by atomic mass is 10.1. The molecule has 0 spiro atoms. The number of rotatable bonds is 4. The third-order valence-corrected chi connectivity index (χ3v) is 3.57. The molecule has 21 heavy (non-hydrogen) atoms. The molecule has 1 fully saturated rings. The number of piperidine rings is 1. The first-order valence-corrected chi connectivity index (χ1v) is 6.75. The van der Waals surface area contributed by atoms with Crippen molar-refractivity contribution in [3.63, 3.8) is 0 Å². The summed E-state index contributed by atoms with van der Waals surface area (Å²) in [5.41, 5.74) is 2.47. The van der Waals surface area contributed by atoms with E-state index in [1.54, 1.807) is 0 Å². The number of nitrogens with two attached hydrogens (primary N) is 1. The normalized spacial score (nSPS) is 19.0. The first-order chi connectivity index (χ1) is 10.0. The Morgan fingerprint density at radius 1 is 1.52 bits per heavy atom. The molecular formula is C13H19N5O3. The first-order valence-electron chi connectivity index (χ1n) is 6.75. The Morgan fingerprint density at radius 3 is 2.90 bits per heavy atom. The average Bonchev–Trinajstić information content (AvgIpc) is 2.46. The molecule has 0 saturated carbocycles. The number of anilines is 1. The number of likely N-dealkylation sites (N-methyl/N-ethyl adjacent to an activating group) is 1. The van der Waals surface area contributed by atoms with Gasteiger partial charge >= 0.3 is 0 Å². The number of benzene rings is 1. The average molecular weight is 293 g/mol. The van der Waals surface area contributed by atoms with Crippen molar-refractivity contribution in [1.29, 1.82) is 0 Å². The molecule has 1 aromatic carbocycles. The van der Waals surface area contributed by atoms with Crippen molar-refractivity contribution in [3.8, 4) is 0 Å². The molecular weight excluding hydrogens is 274 g/mol. The Bertz CT molecular complexity index is 549. The smallest absolute Gasteiger partial charge is 0.294 e. The highest BCUT2D eigenvalue weighted by Crippen LogP contribution is 2.24. The molecule has 1 saturated heterocycles. The molecule has 0 radical (unpaired) electrons. The third kappa shape index (κ3) is 3.67. The zero-order valence-electron chi connectivity index (χ0n) is 11.8. The highest BCUT2D eigenvalue weighted by atomic mass is 16.6. The van der Waals surface area contributed by atoms with Gasteiger partial charge in [0.1, 0.15) is 5.69 Å². The predicted molar refractivity (Wildman–Crippen MR) is 78.9 cm³/mol. The maximum Gasteiger partial charge on any atom is 0.294 e. The van der Waals surface area contributed by atoms with Crippen LogP contribution in [0.1, 0.15) is 23.2 Å². The second-order valence-corrected chi connectivity index (χ2v) is 5.21. The van der Waals surface area contributed by atoms with Crippen LogP contribution in [-0.4, -0.2) is 41.9 Å². The number of likely N-dealkylation sites (tertiary alicyclic amines) is 1. The van der Waals surface area contributed by atoms with Gasteiger partial charge in [-0.15, -0.1) is 0 Å². The van der Waals surface area contributed by atoms with E-state index >= 15 is 0 Å². The molecule has 1 aromatic rings. The molecule has 8 nitrogen and oxygen atoms in total. The van der Waals surface area contributed by atoms with Gasteiger partial charge < -0.3 is 15.6 Å². The molecule has 1 atom stereocenters. The van der Waals surface area contributed by atoms with Gasteiger partial charge in [-0.05, 0) is 38.6 Å². The Balaban J connectivity index is 2.12. The molecule has 0 bridgehead atoms. The van der Waals surface area contributed by atoms with Gasteiger partial charge in [0.15, 0.2) is 0 Å². The van der Waals surface area contributed by atoms with E-state index in [-0.39, 0.29) is 28.9 Å². The van der Waals surface area contributed by atoms with Crippen LogP contribution in [0.3, 0.4) is 0 Å². The fraction of sp³-hybridized carbons (Fsp3) is 0.462. The standard InChI is InChI=1S/C13H19N5O3/c1-17-6-2-3-10(8-17)15-13(19)9-4-5-11(16-14)12(7-9)18(20)21/h4-5,7,10,16H,2-3,6,8,14H2,1H3,(H,15,19). The van der Waals surface area contributed by atoms with Crippen molar-refractivity contribution in [1.82, 2.24) is 10.2 Å². The summed E-state index contributed by atoms with van der Waals surface area (Å²) in [5, 5.41) is 13.9. The van der Waals surface area contributed by atoms with Crippen LogP contribution < -0.4 is 16.6 Å². The van der Waals surface area contributed by atoms with Crippen LogP contribution in [0.5, 0.6) is 0 Å². The molecule has 1 aliphatic rings. The minimum atomic E-state index is -0.569. The van der Waals surface area contributed by atoms with Crippen molar-refractivity contribution in [2.45, 2.75) is 18.9 Å². The lowest BCUT2D eigenvalue weighted by Crippen LogP contribution is -2.46. The van der Waals surface area contributed by atoms with Gasteiger partial charge in [-0.3, -0.25) is 20.8 Å². The Morgan fingerprint density at radius 2 is 2.29 bits per heavy atom. The molecule has 114 valence electrons. The number of nitro groups is 1. The highest BCUT2D eigenvalue weighted by molar-refractivity contribution is 5.95. The van der Waals surface area contributed by atoms with E-state index in [9.17, 15) is 14.9 Å². The van der Waals surface area contributed by atoms with Gasteiger partial charge in [0.25, 0.3) is 11.6 Å². The number of nitrogens with one attached hydrogen (secondary N) is 2. The van der Waals surface area contributed by atoms with Crippen molar-refractivity contribution in [2.75, 3.05) is 25.6 Å². The summed E-state index contributed by atoms with van der Waals surface area (Å²) in [5.74, 6) is 4.92. The summed E-state index contributed by atoms with van der Waals surface area (Å²) in [7, 11) is 2.00. The largest absolute Gasteiger partial charge is 0.348 e. The molecule has 1 unspecified atom stereocenters. The summed E-state index contributed by atoms with van der Waals surface area (Å²) in [4.78, 5) is 24.7. The molecule has 1 aliphatic heterocycles. The van der Waals surface area contributed by atoms with Gasteiger partial charge in [0, 0.05) is 24.2 Å². The summed E-state index contributed by atoms with van der Waals surface area (Å²) >= 11 is 0. The van der Waals surface area contributed by atoms with Gasteiger partial charge in [0.05, 0.1) is 4.92 Å². The topological polar surface area (TPSA) is 114 Å². The van der Waals surface area contributed by atoms with E-state index in [4.69, 9.17) is 5.84 Å². The van der Waals surface area contributed by atoms with Crippen LogP contribution in [0.2, 0.25) is 0 Å². The second-order valence-electron chi connectivity index (χ2n) is 5.21. The summed E-state index contributed by atoms with van der Waals surface area (Å²) < 4.78 is 0. The molecule has 2 rings (SSSR count). The van der Waals surface area contributed by atoms with E-state index in [1.165, 1.54) is 18.2 Å². The quantitative estimate of drug-likeness (QED) is 0.428. The van der Waals surface area contributed by atoms with E-state index < -0.39 is 4.92 Å². The van der Waals surface area contributed by atoms with E-state index in [2.05, 4.69) is 15.6 Å². The molecule has 4 N–H and O–H groups in total. The van der Waals surface area contributed by atoms with Gasteiger partial charge in [-0.25, -0.2) is 0 Å². The maximum atomic E-state index is 12.2. The number of carbonyl (C=O) groups excluding carboxylic acids is 1. The van der Waals surface area contributed by atoms with Gasteiger partial charge in [-0.2, -0.15) is 0 Å². The van der Waals surface area contributed by atoms with Gasteiger partial charge in [0.2, 0.25) is 0 Å². The Labute approximate surface area is 122 Å². The zero-order chi connectivity index (χ0) is 15.4. The highest BCUT2D eigenvalue weighted by Gasteiger charge is 2.21. The third-order valence-electron chi connectivity index (χ3n) is 3.57. The van der Waals surface area contributed by atoms with Crippen LogP contribution in [-0.2, 0) is 0 Å². The number of nitro benzene ring substituents is 1. The monoisotopic (exact) mass is 293 g/mol. The van der Waals surface area contributed by atoms with Crippen LogP contribution in [0.15, 0.2) is 18.2 Å². The number of amides is 1. The minimum Gasteiger partial charge on any atom is -0.348 e. The molecule has 0 aromatic heterocycles. The van der Waals surface area contributed by atoms with E-state index in [0.717, 1.165) is 25.9 Å². The minimum absolute atomic E-state index is 0.0719. The molecule has 0 aliphatic carbocycles. The zero-order valence-corrected chi connectivity index (χ0v) is 11.8. The van der Waals surface area contributed by atoms with Crippen molar-refractivity contribution in [2.24, 2.45) is 5.84 Å². The van der Waals surface area contributed by atoms with Crippen LogP contribution in [0.4, 0.5) is 11.4 Å². The van der Waals surface area contributed by atoms with Crippen molar-refractivity contribution in [3.05, 3.63) is 33.9 Å². The maximum absolute atomic E-state index is 12.2. The van der Waals surface area contributed by atoms with Crippen LogP contribution >= 0.6 is 0 Å². The molecule has 8 heteroatoms. The number of nitrogen functional groups attached to an aromatic ring is 1. The first kappa shape index (κ1) is 15.2. The number of nitrogens with zero attached hydrogens (tertiary/aromatic N) is 2. The number of hydrogen-bond acceptors (Lipinski definition) is 6. The fourth-order valence-electron chi connectivity index (χ4n) is 2.50. The predicted octanol–water partition coefficient (Wildman–Crippen LogP) is 0.704. The van der Waals surface area contributed by atoms with Crippen molar-refractivity contribution < 1.29 is 9.72 Å². The van der Waals surface area contributed by atoms with Crippen molar-refractivity contribution >= 4 is 17.3 Å². The summed E-state index contributed by atoms with van der Waals surface area (Å²) in [6.07, 6.45) is 1.94. The SMILES string of the molecule is CN1CCCC(NC(=O)c2ccc(NN)c([N+](=O)[O-])c2)C1.